The molecule has 0 amide bonds. The van der Waals surface area contributed by atoms with Crippen LogP contribution in [0, 0.1) is 0 Å². The first-order valence-corrected chi connectivity index (χ1v) is 18.4. The van der Waals surface area contributed by atoms with E-state index in [1.165, 1.54) is 44.2 Å². The van der Waals surface area contributed by atoms with Crippen molar-refractivity contribution in [1.82, 2.24) is 4.98 Å². The van der Waals surface area contributed by atoms with Crippen molar-refractivity contribution in [3.05, 3.63) is 181 Å². The van der Waals surface area contributed by atoms with Gasteiger partial charge in [-0.1, -0.05) is 111 Å². The van der Waals surface area contributed by atoms with Crippen LogP contribution < -0.4 is 4.90 Å². The highest BCUT2D eigenvalue weighted by molar-refractivity contribution is 6.10. The number of rotatable bonds is 5. The Morgan fingerprint density at radius 1 is 0.444 bits per heavy atom. The number of nitrogens with zero attached hydrogens (tertiary/aromatic N) is 2. The van der Waals surface area contributed by atoms with Crippen molar-refractivity contribution < 1.29 is 8.83 Å². The molecular weight excluding hydrogens is 661 g/mol. The van der Waals surface area contributed by atoms with Gasteiger partial charge in [0.05, 0.1) is 0 Å². The number of oxazole rings is 1. The van der Waals surface area contributed by atoms with Crippen molar-refractivity contribution in [3.8, 4) is 33.7 Å². The minimum Gasteiger partial charge on any atom is -0.456 e. The fourth-order valence-corrected chi connectivity index (χ4v) is 8.50. The number of hydrogen-bond acceptors (Lipinski definition) is 4. The molecule has 4 nitrogen and oxygen atoms in total. The van der Waals surface area contributed by atoms with Crippen LogP contribution in [0.4, 0.5) is 17.1 Å². The third kappa shape index (κ3) is 4.73. The van der Waals surface area contributed by atoms with E-state index in [4.69, 9.17) is 13.8 Å². The molecule has 0 saturated heterocycles. The molecule has 0 fully saturated rings. The minimum atomic E-state index is -0.0696. The summed E-state index contributed by atoms with van der Waals surface area (Å²) in [6, 6.07) is 60.4. The molecule has 2 aromatic heterocycles. The van der Waals surface area contributed by atoms with Gasteiger partial charge in [0.15, 0.2) is 5.58 Å². The van der Waals surface area contributed by atoms with Gasteiger partial charge in [-0.05, 0) is 105 Å². The van der Waals surface area contributed by atoms with E-state index in [-0.39, 0.29) is 5.41 Å². The number of fused-ring (bicyclic) bond motifs is 8. The Hall–Kier alpha value is -6.91. The van der Waals surface area contributed by atoms with Gasteiger partial charge in [-0.15, -0.1) is 0 Å². The zero-order valence-electron chi connectivity index (χ0n) is 29.9. The van der Waals surface area contributed by atoms with Crippen LogP contribution in [0.2, 0.25) is 0 Å². The molecule has 0 spiro atoms. The zero-order valence-corrected chi connectivity index (χ0v) is 29.9. The molecule has 8 aromatic carbocycles. The summed E-state index contributed by atoms with van der Waals surface area (Å²) < 4.78 is 12.8. The van der Waals surface area contributed by atoms with E-state index in [2.05, 4.69) is 152 Å². The Morgan fingerprint density at radius 3 is 2.00 bits per heavy atom. The predicted molar refractivity (Wildman–Crippen MR) is 222 cm³/mol. The van der Waals surface area contributed by atoms with Gasteiger partial charge in [0.2, 0.25) is 5.89 Å². The Kier molecular flexibility index (Phi) is 6.56. The Morgan fingerprint density at radius 2 is 1.13 bits per heavy atom. The highest BCUT2D eigenvalue weighted by Gasteiger charge is 2.35. The second kappa shape index (κ2) is 11.5. The lowest BCUT2D eigenvalue weighted by atomic mass is 9.82. The molecule has 54 heavy (non-hydrogen) atoms. The average Bonchev–Trinajstić information content (AvgIpc) is 3.86. The Bertz CT molecular complexity index is 3080. The highest BCUT2D eigenvalue weighted by Crippen LogP contribution is 2.51. The van der Waals surface area contributed by atoms with E-state index in [9.17, 15) is 0 Å². The van der Waals surface area contributed by atoms with Crippen molar-refractivity contribution in [2.75, 3.05) is 4.90 Å². The van der Waals surface area contributed by atoms with Crippen LogP contribution in [-0.4, -0.2) is 4.98 Å². The van der Waals surface area contributed by atoms with Crippen molar-refractivity contribution in [2.45, 2.75) is 19.3 Å². The summed E-state index contributed by atoms with van der Waals surface area (Å²) in [6.45, 7) is 4.65. The fraction of sp³-hybridized carbons (Fsp3) is 0.0600. The number of anilines is 3. The molecule has 0 atom stereocenters. The van der Waals surface area contributed by atoms with E-state index in [0.717, 1.165) is 50.1 Å². The predicted octanol–water partition coefficient (Wildman–Crippen LogP) is 14.0. The summed E-state index contributed by atoms with van der Waals surface area (Å²) in [4.78, 5) is 7.16. The number of benzene rings is 8. The monoisotopic (exact) mass is 694 g/mol. The maximum absolute atomic E-state index is 6.58. The molecule has 0 aliphatic heterocycles. The van der Waals surface area contributed by atoms with Crippen molar-refractivity contribution in [2.24, 2.45) is 0 Å². The summed E-state index contributed by atoms with van der Waals surface area (Å²) >= 11 is 0. The molecular formula is C50H34N2O2. The molecule has 256 valence electrons. The highest BCUT2D eigenvalue weighted by atomic mass is 16.4. The summed E-state index contributed by atoms with van der Waals surface area (Å²) in [7, 11) is 0. The van der Waals surface area contributed by atoms with Crippen LogP contribution >= 0.6 is 0 Å². The van der Waals surface area contributed by atoms with E-state index in [1.807, 2.05) is 36.4 Å². The van der Waals surface area contributed by atoms with Crippen molar-refractivity contribution in [1.29, 1.82) is 0 Å². The van der Waals surface area contributed by atoms with E-state index in [1.54, 1.807) is 0 Å². The van der Waals surface area contributed by atoms with Crippen LogP contribution in [0.1, 0.15) is 25.0 Å². The zero-order chi connectivity index (χ0) is 36.0. The standard InChI is InChI=1S/C50H34N2O2/c1-50(2)43-15-9-8-14-39(43)41-27-37(23-25-44(41)50)52(36-20-18-32(19-21-36)35-17-16-31-10-6-7-13-34(31)26-35)38-22-24-40-42-29-45-48(30-47(42)53-46(40)28-38)54-49(51-45)33-11-4-3-5-12-33/h3-30H,1-2H3. The summed E-state index contributed by atoms with van der Waals surface area (Å²) in [5, 5.41) is 4.53. The third-order valence-corrected chi connectivity index (χ3v) is 11.3. The molecule has 1 aliphatic rings. The number of furan rings is 1. The van der Waals surface area contributed by atoms with Gasteiger partial charge < -0.3 is 13.7 Å². The topological polar surface area (TPSA) is 42.4 Å². The quantitative estimate of drug-likeness (QED) is 0.180. The van der Waals surface area contributed by atoms with E-state index in [0.29, 0.717) is 11.5 Å². The lowest BCUT2D eigenvalue weighted by Gasteiger charge is -2.27. The van der Waals surface area contributed by atoms with Crippen LogP contribution in [0.3, 0.4) is 0 Å². The van der Waals surface area contributed by atoms with Crippen molar-refractivity contribution >= 4 is 60.9 Å². The van der Waals surface area contributed by atoms with Crippen LogP contribution in [-0.2, 0) is 5.41 Å². The largest absolute Gasteiger partial charge is 0.456 e. The van der Waals surface area contributed by atoms with Gasteiger partial charge in [-0.2, -0.15) is 0 Å². The van der Waals surface area contributed by atoms with Crippen LogP contribution in [0.25, 0.3) is 77.5 Å². The van der Waals surface area contributed by atoms with Gasteiger partial charge in [0, 0.05) is 50.9 Å². The molecule has 4 heteroatoms. The molecule has 0 N–H and O–H groups in total. The molecule has 0 radical (unpaired) electrons. The molecule has 10 aromatic rings. The number of aromatic nitrogens is 1. The molecule has 1 aliphatic carbocycles. The van der Waals surface area contributed by atoms with E-state index < -0.39 is 0 Å². The Labute approximate surface area is 312 Å². The van der Waals surface area contributed by atoms with Gasteiger partial charge in [0.25, 0.3) is 0 Å². The molecule has 0 unspecified atom stereocenters. The first-order valence-electron chi connectivity index (χ1n) is 18.4. The third-order valence-electron chi connectivity index (χ3n) is 11.3. The molecule has 2 heterocycles. The number of hydrogen-bond donors (Lipinski definition) is 0. The second-order valence-electron chi connectivity index (χ2n) is 14.8. The summed E-state index contributed by atoms with van der Waals surface area (Å²) in [6.07, 6.45) is 0. The lowest BCUT2D eigenvalue weighted by Crippen LogP contribution is -2.15. The van der Waals surface area contributed by atoms with Crippen LogP contribution in [0.5, 0.6) is 0 Å². The molecule has 11 rings (SSSR count). The Balaban J connectivity index is 1.04. The summed E-state index contributed by atoms with van der Waals surface area (Å²) in [5.74, 6) is 0.604. The van der Waals surface area contributed by atoms with Gasteiger partial charge in [-0.3, -0.25) is 0 Å². The lowest BCUT2D eigenvalue weighted by molar-refractivity contribution is 0.617. The fourth-order valence-electron chi connectivity index (χ4n) is 8.50. The normalized spacial score (nSPS) is 13.1. The maximum Gasteiger partial charge on any atom is 0.227 e. The van der Waals surface area contributed by atoms with Crippen molar-refractivity contribution in [3.63, 3.8) is 0 Å². The smallest absolute Gasteiger partial charge is 0.227 e. The summed E-state index contributed by atoms with van der Waals surface area (Å²) in [5.41, 5.74) is 14.8. The molecule has 0 saturated carbocycles. The first-order chi connectivity index (χ1) is 26.5. The van der Waals surface area contributed by atoms with Gasteiger partial charge >= 0.3 is 0 Å². The van der Waals surface area contributed by atoms with Gasteiger partial charge in [0.1, 0.15) is 16.7 Å². The van der Waals surface area contributed by atoms with Crippen LogP contribution in [0.15, 0.2) is 179 Å². The van der Waals surface area contributed by atoms with E-state index >= 15 is 0 Å². The average molecular weight is 695 g/mol. The van der Waals surface area contributed by atoms with Gasteiger partial charge in [-0.25, -0.2) is 4.98 Å². The molecule has 0 bridgehead atoms. The minimum absolute atomic E-state index is 0.0696. The first kappa shape index (κ1) is 30.7. The second-order valence-corrected chi connectivity index (χ2v) is 14.8. The SMILES string of the molecule is CC1(C)c2ccccc2-c2cc(N(c3ccc(-c4ccc5ccccc5c4)cc3)c3ccc4c(c3)oc3cc5oc(-c6ccccc6)nc5cc34)ccc21. The maximum atomic E-state index is 6.58.